The van der Waals surface area contributed by atoms with Crippen LogP contribution in [0.5, 0.6) is 5.75 Å². The van der Waals surface area contributed by atoms with Crippen molar-refractivity contribution in [3.05, 3.63) is 42.5 Å². The van der Waals surface area contributed by atoms with Gasteiger partial charge in [-0.05, 0) is 30.7 Å². The molecule has 1 unspecified atom stereocenters. The highest BCUT2D eigenvalue weighted by Gasteiger charge is 2.09. The average Bonchev–Trinajstić information content (AvgIpc) is 2.39. The van der Waals surface area contributed by atoms with Gasteiger partial charge in [-0.2, -0.15) is 0 Å². The summed E-state index contributed by atoms with van der Waals surface area (Å²) in [7, 11) is 1.59. The van der Waals surface area contributed by atoms with Crippen molar-refractivity contribution < 1.29 is 14.3 Å². The van der Waals surface area contributed by atoms with Gasteiger partial charge < -0.3 is 9.47 Å². The Kier molecular flexibility index (Phi) is 5.27. The van der Waals surface area contributed by atoms with E-state index in [1.165, 1.54) is 0 Å². The van der Waals surface area contributed by atoms with E-state index < -0.39 is 0 Å². The SMILES string of the molecule is C=CC(CC)COC(=O)c1ccc(OC)cc1. The van der Waals surface area contributed by atoms with Crippen LogP contribution in [0.15, 0.2) is 36.9 Å². The van der Waals surface area contributed by atoms with Crippen LogP contribution in [0.4, 0.5) is 0 Å². The number of methoxy groups -OCH3 is 1. The molecule has 0 spiro atoms. The number of hydrogen-bond donors (Lipinski definition) is 0. The van der Waals surface area contributed by atoms with Crippen LogP contribution in [0.2, 0.25) is 0 Å². The number of esters is 1. The highest BCUT2D eigenvalue weighted by Crippen LogP contribution is 2.13. The molecular formula is C14H18O3. The number of carbonyl (C=O) groups is 1. The van der Waals surface area contributed by atoms with Gasteiger partial charge in [-0.15, -0.1) is 6.58 Å². The molecule has 0 amide bonds. The fourth-order valence-electron chi connectivity index (χ4n) is 1.35. The maximum atomic E-state index is 11.7. The van der Waals surface area contributed by atoms with E-state index in [-0.39, 0.29) is 11.9 Å². The maximum Gasteiger partial charge on any atom is 0.338 e. The second kappa shape index (κ2) is 6.74. The van der Waals surface area contributed by atoms with Crippen LogP contribution in [0, 0.1) is 5.92 Å². The lowest BCUT2D eigenvalue weighted by Crippen LogP contribution is -2.12. The zero-order chi connectivity index (χ0) is 12.7. The third kappa shape index (κ3) is 3.94. The molecule has 0 radical (unpaired) electrons. The average molecular weight is 234 g/mol. The van der Waals surface area contributed by atoms with E-state index in [0.717, 1.165) is 12.2 Å². The predicted octanol–water partition coefficient (Wildman–Crippen LogP) is 3.06. The summed E-state index contributed by atoms with van der Waals surface area (Å²) < 4.78 is 10.2. The van der Waals surface area contributed by atoms with Gasteiger partial charge in [0.05, 0.1) is 19.3 Å². The molecule has 0 heterocycles. The maximum absolute atomic E-state index is 11.7. The summed E-state index contributed by atoms with van der Waals surface area (Å²) in [4.78, 5) is 11.7. The fourth-order valence-corrected chi connectivity index (χ4v) is 1.35. The second-order valence-electron chi connectivity index (χ2n) is 3.73. The highest BCUT2D eigenvalue weighted by molar-refractivity contribution is 5.89. The number of carbonyl (C=O) groups excluding carboxylic acids is 1. The van der Waals surface area contributed by atoms with Crippen molar-refractivity contribution in [2.24, 2.45) is 5.92 Å². The normalized spacial score (nSPS) is 11.6. The van der Waals surface area contributed by atoms with Crippen molar-refractivity contribution in [2.75, 3.05) is 13.7 Å². The molecule has 1 atom stereocenters. The highest BCUT2D eigenvalue weighted by atomic mass is 16.5. The quantitative estimate of drug-likeness (QED) is 0.560. The van der Waals surface area contributed by atoms with Gasteiger partial charge in [0.2, 0.25) is 0 Å². The van der Waals surface area contributed by atoms with Gasteiger partial charge in [0.15, 0.2) is 0 Å². The Hall–Kier alpha value is -1.77. The molecule has 3 nitrogen and oxygen atoms in total. The van der Waals surface area contributed by atoms with Crippen molar-refractivity contribution in [2.45, 2.75) is 13.3 Å². The first-order valence-electron chi connectivity index (χ1n) is 5.65. The van der Waals surface area contributed by atoms with Crippen LogP contribution in [0.25, 0.3) is 0 Å². The first-order chi connectivity index (χ1) is 8.21. The van der Waals surface area contributed by atoms with Crippen molar-refractivity contribution in [1.82, 2.24) is 0 Å². The van der Waals surface area contributed by atoms with E-state index in [2.05, 4.69) is 6.58 Å². The third-order valence-corrected chi connectivity index (χ3v) is 2.61. The standard InChI is InChI=1S/C14H18O3/c1-4-11(5-2)10-17-14(15)12-6-8-13(16-3)9-7-12/h4,6-9,11H,1,5,10H2,2-3H3. The van der Waals surface area contributed by atoms with Gasteiger partial charge in [-0.25, -0.2) is 4.79 Å². The van der Waals surface area contributed by atoms with Gasteiger partial charge in [-0.1, -0.05) is 13.0 Å². The van der Waals surface area contributed by atoms with E-state index in [1.54, 1.807) is 37.5 Å². The van der Waals surface area contributed by atoms with E-state index in [4.69, 9.17) is 9.47 Å². The van der Waals surface area contributed by atoms with Crippen LogP contribution in [-0.4, -0.2) is 19.7 Å². The first-order valence-corrected chi connectivity index (χ1v) is 5.65. The van der Waals surface area contributed by atoms with Gasteiger partial charge in [0, 0.05) is 5.92 Å². The van der Waals surface area contributed by atoms with Crippen molar-refractivity contribution in [3.8, 4) is 5.75 Å². The summed E-state index contributed by atoms with van der Waals surface area (Å²) in [6.07, 6.45) is 2.72. The topological polar surface area (TPSA) is 35.5 Å². The number of ether oxygens (including phenoxy) is 2. The molecule has 0 bridgehead atoms. The zero-order valence-corrected chi connectivity index (χ0v) is 10.3. The minimum Gasteiger partial charge on any atom is -0.497 e. The predicted molar refractivity (Wildman–Crippen MR) is 67.3 cm³/mol. The zero-order valence-electron chi connectivity index (χ0n) is 10.3. The van der Waals surface area contributed by atoms with Crippen molar-refractivity contribution in [1.29, 1.82) is 0 Å². The Labute approximate surface area is 102 Å². The van der Waals surface area contributed by atoms with Crippen LogP contribution in [0.1, 0.15) is 23.7 Å². The molecular weight excluding hydrogens is 216 g/mol. The minimum atomic E-state index is -0.312. The van der Waals surface area contributed by atoms with Crippen molar-refractivity contribution in [3.63, 3.8) is 0 Å². The Morgan fingerprint density at radius 2 is 2.06 bits per heavy atom. The Morgan fingerprint density at radius 3 is 2.53 bits per heavy atom. The fraction of sp³-hybridized carbons (Fsp3) is 0.357. The van der Waals surface area contributed by atoms with E-state index in [0.29, 0.717) is 12.2 Å². The number of hydrogen-bond acceptors (Lipinski definition) is 3. The molecule has 0 aliphatic rings. The molecule has 0 saturated heterocycles. The summed E-state index contributed by atoms with van der Waals surface area (Å²) in [6, 6.07) is 6.86. The molecule has 0 saturated carbocycles. The molecule has 0 aromatic heterocycles. The van der Waals surface area contributed by atoms with Crippen LogP contribution >= 0.6 is 0 Å². The first kappa shape index (κ1) is 13.3. The minimum absolute atomic E-state index is 0.220. The Balaban J connectivity index is 2.54. The molecule has 1 aromatic carbocycles. The summed E-state index contributed by atoms with van der Waals surface area (Å²) in [5.74, 6) is 0.629. The summed E-state index contributed by atoms with van der Waals surface area (Å²) >= 11 is 0. The Morgan fingerprint density at radius 1 is 1.41 bits per heavy atom. The van der Waals surface area contributed by atoms with Crippen LogP contribution in [0.3, 0.4) is 0 Å². The van der Waals surface area contributed by atoms with E-state index >= 15 is 0 Å². The van der Waals surface area contributed by atoms with Gasteiger partial charge >= 0.3 is 5.97 Å². The summed E-state index contributed by atoms with van der Waals surface area (Å²) in [5.41, 5.74) is 0.532. The monoisotopic (exact) mass is 234 g/mol. The molecule has 0 aliphatic heterocycles. The molecule has 3 heteroatoms. The Bertz CT molecular complexity index is 368. The molecule has 1 aromatic rings. The molecule has 17 heavy (non-hydrogen) atoms. The molecule has 0 aliphatic carbocycles. The smallest absolute Gasteiger partial charge is 0.338 e. The van der Waals surface area contributed by atoms with Crippen molar-refractivity contribution >= 4 is 5.97 Å². The van der Waals surface area contributed by atoms with Gasteiger partial charge in [-0.3, -0.25) is 0 Å². The van der Waals surface area contributed by atoms with Gasteiger partial charge in [0.25, 0.3) is 0 Å². The van der Waals surface area contributed by atoms with Crippen LogP contribution in [-0.2, 0) is 4.74 Å². The molecule has 0 N–H and O–H groups in total. The lowest BCUT2D eigenvalue weighted by atomic mass is 10.1. The number of benzene rings is 1. The number of rotatable bonds is 6. The second-order valence-corrected chi connectivity index (χ2v) is 3.73. The lowest BCUT2D eigenvalue weighted by Gasteiger charge is -2.10. The van der Waals surface area contributed by atoms with Gasteiger partial charge in [0.1, 0.15) is 5.75 Å². The summed E-state index contributed by atoms with van der Waals surface area (Å²) in [6.45, 7) is 6.11. The van der Waals surface area contributed by atoms with E-state index in [9.17, 15) is 4.79 Å². The summed E-state index contributed by atoms with van der Waals surface area (Å²) in [5, 5.41) is 0. The largest absolute Gasteiger partial charge is 0.497 e. The lowest BCUT2D eigenvalue weighted by molar-refractivity contribution is 0.0463. The molecule has 92 valence electrons. The van der Waals surface area contributed by atoms with Crippen LogP contribution < -0.4 is 4.74 Å². The third-order valence-electron chi connectivity index (χ3n) is 2.61. The van der Waals surface area contributed by atoms with E-state index in [1.807, 2.05) is 6.92 Å². The molecule has 1 rings (SSSR count). The molecule has 0 fully saturated rings.